The molecule has 3 heterocycles. The van der Waals surface area contributed by atoms with Crippen molar-refractivity contribution in [3.8, 4) is 0 Å². The van der Waals surface area contributed by atoms with Crippen molar-refractivity contribution in [3.05, 3.63) is 30.1 Å². The third-order valence-electron chi connectivity index (χ3n) is 3.49. The van der Waals surface area contributed by atoms with Crippen LogP contribution in [0, 0.1) is 0 Å². The van der Waals surface area contributed by atoms with Crippen LogP contribution in [0.1, 0.15) is 37.3 Å². The van der Waals surface area contributed by atoms with E-state index in [1.807, 2.05) is 18.5 Å². The van der Waals surface area contributed by atoms with Crippen LogP contribution in [0.2, 0.25) is 0 Å². The van der Waals surface area contributed by atoms with Gasteiger partial charge in [0.15, 0.2) is 0 Å². The number of aromatic nitrogens is 4. The summed E-state index contributed by atoms with van der Waals surface area (Å²) in [5.41, 5.74) is 0. The van der Waals surface area contributed by atoms with Crippen molar-refractivity contribution in [2.75, 3.05) is 18.0 Å². The smallest absolute Gasteiger partial charge is 0.205 e. The zero-order chi connectivity index (χ0) is 13.1. The van der Waals surface area contributed by atoms with E-state index in [-0.39, 0.29) is 0 Å². The average Bonchev–Trinajstić information content (AvgIpc) is 2.97. The van der Waals surface area contributed by atoms with E-state index in [1.165, 1.54) is 11.5 Å². The maximum absolute atomic E-state index is 4.55. The van der Waals surface area contributed by atoms with E-state index >= 15 is 0 Å². The van der Waals surface area contributed by atoms with Gasteiger partial charge in [-0.3, -0.25) is 0 Å². The summed E-state index contributed by atoms with van der Waals surface area (Å²) >= 11 is 1.51. The SMILES string of the molecule is CCc1nsc(N2CCC(c3ncccn3)CC2)n1. The Bertz CT molecular complexity index is 519. The summed E-state index contributed by atoms with van der Waals surface area (Å²) in [7, 11) is 0. The van der Waals surface area contributed by atoms with Crippen molar-refractivity contribution in [3.63, 3.8) is 0 Å². The van der Waals surface area contributed by atoms with Crippen LogP contribution >= 0.6 is 11.5 Å². The molecular weight excluding hydrogens is 258 g/mol. The third kappa shape index (κ3) is 2.73. The number of piperidine rings is 1. The molecule has 0 aromatic carbocycles. The molecule has 0 radical (unpaired) electrons. The summed E-state index contributed by atoms with van der Waals surface area (Å²) in [5, 5.41) is 1.06. The molecule has 0 N–H and O–H groups in total. The van der Waals surface area contributed by atoms with Gasteiger partial charge in [-0.1, -0.05) is 6.92 Å². The molecule has 2 aromatic heterocycles. The summed E-state index contributed by atoms with van der Waals surface area (Å²) in [4.78, 5) is 15.6. The number of aryl methyl sites for hydroxylation is 1. The van der Waals surface area contributed by atoms with E-state index in [0.717, 1.165) is 49.1 Å². The lowest BCUT2D eigenvalue weighted by Gasteiger charge is -2.30. The second kappa shape index (κ2) is 5.61. The largest absolute Gasteiger partial charge is 0.347 e. The minimum absolute atomic E-state index is 0.482. The highest BCUT2D eigenvalue weighted by molar-refractivity contribution is 7.09. The van der Waals surface area contributed by atoms with Crippen molar-refractivity contribution < 1.29 is 0 Å². The second-order valence-electron chi connectivity index (χ2n) is 4.72. The molecule has 0 bridgehead atoms. The van der Waals surface area contributed by atoms with E-state index < -0.39 is 0 Å². The summed E-state index contributed by atoms with van der Waals surface area (Å²) < 4.78 is 4.35. The van der Waals surface area contributed by atoms with Crippen LogP contribution in [-0.4, -0.2) is 32.4 Å². The van der Waals surface area contributed by atoms with Gasteiger partial charge in [-0.05, 0) is 18.9 Å². The zero-order valence-corrected chi connectivity index (χ0v) is 11.8. The second-order valence-corrected chi connectivity index (χ2v) is 5.45. The highest BCUT2D eigenvalue weighted by Crippen LogP contribution is 2.29. The predicted octanol–water partition coefficient (Wildman–Crippen LogP) is 2.27. The quantitative estimate of drug-likeness (QED) is 0.860. The van der Waals surface area contributed by atoms with Gasteiger partial charge in [0.05, 0.1) is 0 Å². The first-order valence-electron chi connectivity index (χ1n) is 6.71. The molecule has 3 rings (SSSR count). The molecule has 0 aliphatic carbocycles. The first-order valence-corrected chi connectivity index (χ1v) is 7.48. The molecule has 100 valence electrons. The first-order chi connectivity index (χ1) is 9.36. The molecule has 6 heteroatoms. The highest BCUT2D eigenvalue weighted by atomic mass is 32.1. The lowest BCUT2D eigenvalue weighted by Crippen LogP contribution is -2.33. The van der Waals surface area contributed by atoms with Crippen molar-refractivity contribution in [2.45, 2.75) is 32.1 Å². The molecule has 19 heavy (non-hydrogen) atoms. The average molecular weight is 275 g/mol. The minimum atomic E-state index is 0.482. The van der Waals surface area contributed by atoms with Gasteiger partial charge in [-0.2, -0.15) is 4.37 Å². The van der Waals surface area contributed by atoms with E-state index in [9.17, 15) is 0 Å². The maximum atomic E-state index is 4.55. The van der Waals surface area contributed by atoms with Gasteiger partial charge in [-0.15, -0.1) is 0 Å². The predicted molar refractivity (Wildman–Crippen MR) is 75.5 cm³/mol. The Morgan fingerprint density at radius 2 is 2.00 bits per heavy atom. The van der Waals surface area contributed by atoms with Gasteiger partial charge in [0.25, 0.3) is 0 Å². The van der Waals surface area contributed by atoms with Crippen LogP contribution in [0.4, 0.5) is 5.13 Å². The van der Waals surface area contributed by atoms with Gasteiger partial charge in [0.2, 0.25) is 5.13 Å². The van der Waals surface area contributed by atoms with Crippen molar-refractivity contribution in [1.82, 2.24) is 19.3 Å². The third-order valence-corrected chi connectivity index (χ3v) is 4.30. The molecule has 1 aliphatic heterocycles. The highest BCUT2D eigenvalue weighted by Gasteiger charge is 2.24. The van der Waals surface area contributed by atoms with Crippen LogP contribution in [0.5, 0.6) is 0 Å². The molecule has 1 aliphatic rings. The number of hydrogen-bond donors (Lipinski definition) is 0. The fourth-order valence-electron chi connectivity index (χ4n) is 2.37. The Kier molecular flexibility index (Phi) is 3.68. The fraction of sp³-hybridized carbons (Fsp3) is 0.538. The van der Waals surface area contributed by atoms with E-state index in [4.69, 9.17) is 0 Å². The van der Waals surface area contributed by atoms with E-state index in [2.05, 4.69) is 31.1 Å². The summed E-state index contributed by atoms with van der Waals surface area (Å²) in [6.07, 6.45) is 6.74. The van der Waals surface area contributed by atoms with Crippen molar-refractivity contribution in [2.24, 2.45) is 0 Å². The molecule has 0 atom stereocenters. The van der Waals surface area contributed by atoms with Crippen molar-refractivity contribution >= 4 is 16.7 Å². The molecule has 1 fully saturated rings. The Balaban J connectivity index is 1.63. The monoisotopic (exact) mass is 275 g/mol. The zero-order valence-electron chi connectivity index (χ0n) is 11.0. The van der Waals surface area contributed by atoms with Crippen molar-refractivity contribution in [1.29, 1.82) is 0 Å². The van der Waals surface area contributed by atoms with Crippen LogP contribution in [0.15, 0.2) is 18.5 Å². The Labute approximate surface area is 116 Å². The number of hydrogen-bond acceptors (Lipinski definition) is 6. The molecule has 2 aromatic rings. The van der Waals surface area contributed by atoms with Crippen LogP contribution in [0.3, 0.4) is 0 Å². The lowest BCUT2D eigenvalue weighted by atomic mass is 9.96. The molecule has 5 nitrogen and oxygen atoms in total. The minimum Gasteiger partial charge on any atom is -0.347 e. The molecule has 1 saturated heterocycles. The fourth-order valence-corrected chi connectivity index (χ4v) is 3.17. The van der Waals surface area contributed by atoms with Crippen LogP contribution in [-0.2, 0) is 6.42 Å². The maximum Gasteiger partial charge on any atom is 0.205 e. The Morgan fingerprint density at radius 1 is 1.26 bits per heavy atom. The van der Waals surface area contributed by atoms with Gasteiger partial charge in [-0.25, -0.2) is 15.0 Å². The van der Waals surface area contributed by atoms with Gasteiger partial charge in [0.1, 0.15) is 11.6 Å². The number of anilines is 1. The van der Waals surface area contributed by atoms with E-state index in [0.29, 0.717) is 5.92 Å². The first kappa shape index (κ1) is 12.5. The Morgan fingerprint density at radius 3 is 2.63 bits per heavy atom. The molecular formula is C13H17N5S. The van der Waals surface area contributed by atoms with Gasteiger partial charge < -0.3 is 4.90 Å². The summed E-state index contributed by atoms with van der Waals surface area (Å²) in [6, 6.07) is 1.87. The van der Waals surface area contributed by atoms with Crippen LogP contribution < -0.4 is 4.90 Å². The standard InChI is InChI=1S/C13H17N5S/c1-2-11-16-13(19-17-11)18-8-4-10(5-9-18)12-14-6-3-7-15-12/h3,6-7,10H,2,4-5,8-9H2,1H3. The topological polar surface area (TPSA) is 54.8 Å². The van der Waals surface area contributed by atoms with Gasteiger partial charge in [0, 0.05) is 49.4 Å². The van der Waals surface area contributed by atoms with Crippen LogP contribution in [0.25, 0.3) is 0 Å². The normalized spacial score (nSPS) is 16.8. The molecule has 0 amide bonds. The summed E-state index contributed by atoms with van der Waals surface area (Å²) in [5.74, 6) is 2.41. The Hall–Kier alpha value is -1.56. The lowest BCUT2D eigenvalue weighted by molar-refractivity contribution is 0.485. The molecule has 0 unspecified atom stereocenters. The number of nitrogens with zero attached hydrogens (tertiary/aromatic N) is 5. The molecule has 0 saturated carbocycles. The van der Waals surface area contributed by atoms with E-state index in [1.54, 1.807) is 0 Å². The summed E-state index contributed by atoms with van der Waals surface area (Å²) in [6.45, 7) is 4.12. The van der Waals surface area contributed by atoms with Gasteiger partial charge >= 0.3 is 0 Å². The molecule has 0 spiro atoms. The number of rotatable bonds is 3.